The second-order valence-electron chi connectivity index (χ2n) is 20.4. The number of aromatic hydroxyl groups is 1. The van der Waals surface area contributed by atoms with Crippen molar-refractivity contribution in [2.45, 2.75) is 103 Å². The van der Waals surface area contributed by atoms with Crippen molar-refractivity contribution in [2.24, 2.45) is 11.3 Å². The van der Waals surface area contributed by atoms with Crippen LogP contribution in [0.5, 0.6) is 5.75 Å². The topological polar surface area (TPSA) is 210 Å². The van der Waals surface area contributed by atoms with E-state index in [4.69, 9.17) is 4.74 Å². The predicted octanol–water partition coefficient (Wildman–Crippen LogP) is 3.80. The first-order valence-corrected chi connectivity index (χ1v) is 23.8. The van der Waals surface area contributed by atoms with Gasteiger partial charge in [-0.1, -0.05) is 46.4 Å². The zero-order valence-corrected chi connectivity index (χ0v) is 41.2. The van der Waals surface area contributed by atoms with Gasteiger partial charge in [-0.15, -0.1) is 0 Å². The summed E-state index contributed by atoms with van der Waals surface area (Å²) in [6, 6.07) is 10.8. The van der Waals surface area contributed by atoms with Gasteiger partial charge in [-0.05, 0) is 110 Å². The van der Waals surface area contributed by atoms with Crippen LogP contribution in [0.3, 0.4) is 0 Å². The van der Waals surface area contributed by atoms with Gasteiger partial charge in [0, 0.05) is 86.8 Å². The summed E-state index contributed by atoms with van der Waals surface area (Å²) >= 11 is 0. The van der Waals surface area contributed by atoms with Gasteiger partial charge in [0.25, 0.3) is 11.8 Å². The Morgan fingerprint density at radius 2 is 1.77 bits per heavy atom. The Labute approximate surface area is 404 Å². The lowest BCUT2D eigenvalue weighted by Crippen LogP contribution is -2.67. The molecule has 69 heavy (non-hydrogen) atoms. The average molecular weight is 949 g/mol. The van der Waals surface area contributed by atoms with E-state index in [0.29, 0.717) is 24.1 Å². The van der Waals surface area contributed by atoms with E-state index in [9.17, 15) is 39.3 Å². The number of phenols is 1. The van der Waals surface area contributed by atoms with E-state index in [1.807, 2.05) is 52.5 Å². The van der Waals surface area contributed by atoms with E-state index in [2.05, 4.69) is 56.9 Å². The molecule has 3 aliphatic rings. The standard InChI is InChI=1S/C52H68N8O9/c1-10-43(62)58-20-17-51(67,30-58)48(65)57(9)44(32(3)4)46(63)54-41-24-34-22-36(25-38(61)23-34)35-13-14-42-39(26-35)40(45(59(42)11-2)37-21-33(28-53-29-37)15-19-56(7)8)27-50(5,6)31-69-49(66)52(68)16-12-18-60(55-52)47(41)64/h10,13-14,21-23,25-26,28-29,32,41,44,55,61,67-68H,1,11-12,15-20,24,27,30-31H2,2-9H3,(H,54,63)/t41-,44-,51-,52-/m0/s1. The third-order valence-electron chi connectivity index (χ3n) is 13.6. The number of carbonyl (C=O) groups excluding carboxylic acids is 5. The fraction of sp³-hybridized carbons (Fsp3) is 0.500. The number of hydrogen-bond acceptors (Lipinski definition) is 12. The van der Waals surface area contributed by atoms with Crippen LogP contribution in [0.25, 0.3) is 33.3 Å². The summed E-state index contributed by atoms with van der Waals surface area (Å²) in [6.45, 7) is 14.4. The molecule has 0 saturated carbocycles. The number of aromatic nitrogens is 2. The smallest absolute Gasteiger partial charge is 0.355 e. The maximum atomic E-state index is 14.8. The Bertz CT molecular complexity index is 2640. The third kappa shape index (κ3) is 10.7. The maximum Gasteiger partial charge on any atom is 0.355 e. The van der Waals surface area contributed by atoms with Crippen LogP contribution in [-0.2, 0) is 54.5 Å². The average Bonchev–Trinajstić information content (AvgIpc) is 3.86. The molecule has 4 atom stereocenters. The number of aryl methyl sites for hydroxylation is 1. The predicted molar refractivity (Wildman–Crippen MR) is 261 cm³/mol. The third-order valence-corrected chi connectivity index (χ3v) is 13.6. The SMILES string of the molecule is C=CC(=O)N1CC[C@@](O)(C(=O)N(C)[C@H](C(=O)N[C@H]2Cc3cc(O)cc(c3)-c3ccc4c(c3)c(c(-c3cncc(CCN(C)C)c3)n4CC)CC(C)(C)COC(=O)[C@@]3(O)CCCN(N3)C2=O)C(C)C)C1. The van der Waals surface area contributed by atoms with Crippen molar-refractivity contribution in [1.82, 2.24) is 40.0 Å². The van der Waals surface area contributed by atoms with Gasteiger partial charge in [0.2, 0.25) is 17.5 Å². The number of pyridine rings is 1. The Morgan fingerprint density at radius 1 is 1.01 bits per heavy atom. The van der Waals surface area contributed by atoms with Crippen LogP contribution in [0.4, 0.5) is 0 Å². The molecular formula is C52H68N8O9. The molecule has 2 fully saturated rings. The zero-order chi connectivity index (χ0) is 50.2. The first kappa shape index (κ1) is 50.7. The number of likely N-dealkylation sites (tertiary alicyclic amines) is 1. The molecule has 370 valence electrons. The highest BCUT2D eigenvalue weighted by molar-refractivity contribution is 5.97. The van der Waals surface area contributed by atoms with Crippen molar-refractivity contribution in [1.29, 1.82) is 0 Å². The molecule has 3 aliphatic heterocycles. The number of amides is 4. The van der Waals surface area contributed by atoms with Crippen LogP contribution in [0, 0.1) is 11.3 Å². The van der Waals surface area contributed by atoms with Gasteiger partial charge in [-0.3, -0.25) is 29.2 Å². The van der Waals surface area contributed by atoms with Gasteiger partial charge in [0.1, 0.15) is 17.8 Å². The second kappa shape index (κ2) is 20.1. The van der Waals surface area contributed by atoms with Gasteiger partial charge in [0.15, 0.2) is 5.60 Å². The summed E-state index contributed by atoms with van der Waals surface area (Å²) in [7, 11) is 5.47. The number of rotatable bonds is 11. The number of aliphatic hydroxyl groups is 2. The van der Waals surface area contributed by atoms with Gasteiger partial charge in [-0.2, -0.15) is 5.43 Å². The summed E-state index contributed by atoms with van der Waals surface area (Å²) < 4.78 is 8.22. The highest BCUT2D eigenvalue weighted by atomic mass is 16.6. The van der Waals surface area contributed by atoms with Crippen LogP contribution in [-0.4, -0.2) is 152 Å². The summed E-state index contributed by atoms with van der Waals surface area (Å²) in [6.07, 6.45) is 6.12. The fourth-order valence-corrected chi connectivity index (χ4v) is 10.1. The lowest BCUT2D eigenvalue weighted by atomic mass is 9.84. The number of hydrazine groups is 1. The normalized spacial score (nSPS) is 22.3. The summed E-state index contributed by atoms with van der Waals surface area (Å²) in [4.78, 5) is 78.9. The molecule has 17 nitrogen and oxygen atoms in total. The summed E-state index contributed by atoms with van der Waals surface area (Å²) in [5, 5.41) is 39.7. The van der Waals surface area contributed by atoms with Crippen molar-refractivity contribution < 1.29 is 44.0 Å². The second-order valence-corrected chi connectivity index (χ2v) is 20.4. The molecular weight excluding hydrogens is 881 g/mol. The molecule has 5 N–H and O–H groups in total. The number of nitrogens with zero attached hydrogens (tertiary/aromatic N) is 6. The molecule has 4 aromatic rings. The molecule has 7 rings (SSSR count). The van der Waals surface area contributed by atoms with Crippen LogP contribution < -0.4 is 10.7 Å². The highest BCUT2D eigenvalue weighted by Crippen LogP contribution is 2.41. The number of cyclic esters (lactones) is 1. The number of fused-ring (bicyclic) bond motifs is 6. The molecule has 0 unspecified atom stereocenters. The Kier molecular flexibility index (Phi) is 14.8. The number of phenolic OH excluding ortho intramolecular Hbond substituents is 1. The Morgan fingerprint density at radius 3 is 2.46 bits per heavy atom. The number of benzene rings is 2. The number of ether oxygens (including phenoxy) is 1. The molecule has 17 heteroatoms. The molecule has 0 spiro atoms. The number of carbonyl (C=O) groups is 5. The van der Waals surface area contributed by atoms with E-state index >= 15 is 0 Å². The van der Waals surface area contributed by atoms with E-state index in [1.165, 1.54) is 18.0 Å². The van der Waals surface area contributed by atoms with Gasteiger partial charge < -0.3 is 44.6 Å². The van der Waals surface area contributed by atoms with Crippen LogP contribution in [0.1, 0.15) is 70.6 Å². The van der Waals surface area contributed by atoms with Crippen molar-refractivity contribution in [3.8, 4) is 28.1 Å². The largest absolute Gasteiger partial charge is 0.508 e. The minimum absolute atomic E-state index is 0.0465. The van der Waals surface area contributed by atoms with E-state index < -0.39 is 64.3 Å². The number of likely N-dealkylation sites (N-methyl/N-ethyl adjacent to an activating group) is 2. The molecule has 5 heterocycles. The number of hydrogen-bond donors (Lipinski definition) is 5. The van der Waals surface area contributed by atoms with Gasteiger partial charge in [0.05, 0.1) is 18.8 Å². The quantitative estimate of drug-likeness (QED) is 0.108. The van der Waals surface area contributed by atoms with Crippen molar-refractivity contribution in [3.05, 3.63) is 84.2 Å². The maximum absolute atomic E-state index is 14.8. The fourth-order valence-electron chi connectivity index (χ4n) is 10.1. The summed E-state index contributed by atoms with van der Waals surface area (Å²) in [5.41, 5.74) is 4.79. The van der Waals surface area contributed by atoms with E-state index in [-0.39, 0.29) is 57.7 Å². The first-order chi connectivity index (χ1) is 32.6. The minimum atomic E-state index is -2.29. The van der Waals surface area contributed by atoms with E-state index in [0.717, 1.165) is 67.8 Å². The Balaban J connectivity index is 1.31. The minimum Gasteiger partial charge on any atom is -0.508 e. The monoisotopic (exact) mass is 949 g/mol. The lowest BCUT2D eigenvalue weighted by Gasteiger charge is -2.40. The van der Waals surface area contributed by atoms with Crippen LogP contribution in [0.2, 0.25) is 0 Å². The Hall–Kier alpha value is -6.14. The van der Waals surface area contributed by atoms with Crippen molar-refractivity contribution in [2.75, 3.05) is 53.9 Å². The van der Waals surface area contributed by atoms with Crippen molar-refractivity contribution in [3.63, 3.8) is 0 Å². The molecule has 6 bridgehead atoms. The molecule has 0 radical (unpaired) electrons. The van der Waals surface area contributed by atoms with Gasteiger partial charge >= 0.3 is 5.97 Å². The molecule has 4 amide bonds. The lowest BCUT2D eigenvalue weighted by molar-refractivity contribution is -0.189. The number of esters is 1. The molecule has 2 saturated heterocycles. The van der Waals surface area contributed by atoms with Gasteiger partial charge in [-0.25, -0.2) is 4.79 Å². The zero-order valence-electron chi connectivity index (χ0n) is 41.2. The number of β-amino-alcohol motifs (C(OH)–C–C–N with tert-alkyl or cyclic N) is 1. The first-order valence-electron chi connectivity index (χ1n) is 23.8. The van der Waals surface area contributed by atoms with Crippen LogP contribution in [0.15, 0.2) is 67.5 Å². The molecule has 0 aliphatic carbocycles. The van der Waals surface area contributed by atoms with Crippen LogP contribution >= 0.6 is 0 Å². The molecule has 2 aromatic heterocycles. The number of nitrogens with one attached hydrogen (secondary N) is 2. The molecule has 2 aromatic carbocycles. The summed E-state index contributed by atoms with van der Waals surface area (Å²) in [5.74, 6) is -4.14. The van der Waals surface area contributed by atoms with Crippen molar-refractivity contribution >= 4 is 40.5 Å². The highest BCUT2D eigenvalue weighted by Gasteiger charge is 2.49. The van der Waals surface area contributed by atoms with E-state index in [1.54, 1.807) is 19.9 Å².